The molecule has 0 aliphatic carbocycles. The molecule has 0 aromatic heterocycles. The Bertz CT molecular complexity index is 149. The minimum Gasteiger partial charge on any atom is -0.378 e. The highest BCUT2D eigenvalue weighted by Crippen LogP contribution is 2.31. The van der Waals surface area contributed by atoms with Crippen molar-refractivity contribution in [2.75, 3.05) is 14.2 Å². The maximum absolute atomic E-state index is 5.53. The fourth-order valence-corrected chi connectivity index (χ4v) is 1.70. The quantitative estimate of drug-likeness (QED) is 0.636. The topological polar surface area (TPSA) is 27.7 Å². The number of ether oxygens (including phenoxy) is 3. The Morgan fingerprint density at radius 3 is 2.50 bits per heavy atom. The second-order valence-corrected chi connectivity index (χ2v) is 3.67. The first kappa shape index (κ1) is 9.96. The van der Waals surface area contributed by atoms with Crippen LogP contribution in [-0.2, 0) is 14.2 Å². The zero-order valence-electron chi connectivity index (χ0n) is 8.29. The molecule has 72 valence electrons. The molecule has 0 radical (unpaired) electrons. The summed E-state index contributed by atoms with van der Waals surface area (Å²) < 4.78 is 16.1. The summed E-state index contributed by atoms with van der Waals surface area (Å²) >= 11 is 0. The third-order valence-electron chi connectivity index (χ3n) is 2.46. The Morgan fingerprint density at radius 2 is 2.00 bits per heavy atom. The normalized spacial score (nSPS) is 43.0. The summed E-state index contributed by atoms with van der Waals surface area (Å²) in [6.45, 7) is 4.14. The van der Waals surface area contributed by atoms with Gasteiger partial charge in [0.1, 0.15) is 0 Å². The van der Waals surface area contributed by atoms with Crippen LogP contribution in [0, 0.1) is 0 Å². The van der Waals surface area contributed by atoms with Crippen LogP contribution in [0.15, 0.2) is 0 Å². The van der Waals surface area contributed by atoms with Gasteiger partial charge in [0.25, 0.3) is 0 Å². The monoisotopic (exact) mass is 174 g/mol. The maximum Gasteiger partial charge on any atom is 0.160 e. The lowest BCUT2D eigenvalue weighted by atomic mass is 9.92. The SMILES string of the molecule is COC1CC(C)(OC)CC(C)O1. The smallest absolute Gasteiger partial charge is 0.160 e. The molecule has 0 aromatic carbocycles. The third kappa shape index (κ3) is 2.19. The molecule has 1 rings (SSSR count). The van der Waals surface area contributed by atoms with E-state index < -0.39 is 0 Å². The van der Waals surface area contributed by atoms with Crippen LogP contribution in [-0.4, -0.2) is 32.2 Å². The van der Waals surface area contributed by atoms with Crippen molar-refractivity contribution >= 4 is 0 Å². The largest absolute Gasteiger partial charge is 0.378 e. The molecule has 3 nitrogen and oxygen atoms in total. The summed E-state index contributed by atoms with van der Waals surface area (Å²) in [6.07, 6.45) is 1.85. The molecule has 1 fully saturated rings. The molecule has 1 heterocycles. The first-order valence-corrected chi connectivity index (χ1v) is 4.33. The van der Waals surface area contributed by atoms with Crippen molar-refractivity contribution in [3.8, 4) is 0 Å². The van der Waals surface area contributed by atoms with Gasteiger partial charge in [-0.1, -0.05) is 0 Å². The molecule has 3 atom stereocenters. The molecule has 0 saturated carbocycles. The fraction of sp³-hybridized carbons (Fsp3) is 1.00. The van der Waals surface area contributed by atoms with Crippen LogP contribution in [0.3, 0.4) is 0 Å². The minimum absolute atomic E-state index is 0.0850. The van der Waals surface area contributed by atoms with E-state index in [0.29, 0.717) is 0 Å². The van der Waals surface area contributed by atoms with Gasteiger partial charge in [0.2, 0.25) is 0 Å². The van der Waals surface area contributed by atoms with E-state index in [-0.39, 0.29) is 18.0 Å². The second-order valence-electron chi connectivity index (χ2n) is 3.67. The molecule has 3 unspecified atom stereocenters. The van der Waals surface area contributed by atoms with Gasteiger partial charge in [0, 0.05) is 27.1 Å². The van der Waals surface area contributed by atoms with Gasteiger partial charge < -0.3 is 14.2 Å². The average molecular weight is 174 g/mol. The molecular formula is C9H18O3. The Kier molecular flexibility index (Phi) is 3.09. The van der Waals surface area contributed by atoms with Crippen molar-refractivity contribution in [2.24, 2.45) is 0 Å². The fourth-order valence-electron chi connectivity index (χ4n) is 1.70. The van der Waals surface area contributed by atoms with Crippen LogP contribution in [0.5, 0.6) is 0 Å². The summed E-state index contributed by atoms with van der Waals surface area (Å²) in [5.74, 6) is 0. The lowest BCUT2D eigenvalue weighted by Gasteiger charge is -2.39. The van der Waals surface area contributed by atoms with Crippen molar-refractivity contribution in [1.29, 1.82) is 0 Å². The van der Waals surface area contributed by atoms with E-state index in [2.05, 4.69) is 6.92 Å². The van der Waals surface area contributed by atoms with E-state index in [1.807, 2.05) is 6.92 Å². The van der Waals surface area contributed by atoms with Gasteiger partial charge >= 0.3 is 0 Å². The Balaban J connectivity index is 2.56. The summed E-state index contributed by atoms with van der Waals surface area (Å²) in [6, 6.07) is 0. The molecule has 0 amide bonds. The molecule has 0 bridgehead atoms. The average Bonchev–Trinajstić information content (AvgIpc) is 2.03. The van der Waals surface area contributed by atoms with Gasteiger partial charge in [-0.2, -0.15) is 0 Å². The van der Waals surface area contributed by atoms with Gasteiger partial charge in [-0.15, -0.1) is 0 Å². The van der Waals surface area contributed by atoms with Crippen LogP contribution >= 0.6 is 0 Å². The lowest BCUT2D eigenvalue weighted by Crippen LogP contribution is -2.44. The van der Waals surface area contributed by atoms with Gasteiger partial charge in [-0.25, -0.2) is 0 Å². The summed E-state index contributed by atoms with van der Waals surface area (Å²) in [7, 11) is 3.41. The van der Waals surface area contributed by atoms with Crippen molar-refractivity contribution in [2.45, 2.75) is 44.7 Å². The van der Waals surface area contributed by atoms with Crippen LogP contribution < -0.4 is 0 Å². The highest BCUT2D eigenvalue weighted by atomic mass is 16.7. The van der Waals surface area contributed by atoms with Gasteiger partial charge in [0.05, 0.1) is 11.7 Å². The molecule has 1 aliphatic rings. The van der Waals surface area contributed by atoms with E-state index >= 15 is 0 Å². The standard InChI is InChI=1S/C9H18O3/c1-7-5-9(2,11-4)6-8(10-3)12-7/h7-8H,5-6H2,1-4H3. The number of hydrogen-bond acceptors (Lipinski definition) is 3. The molecule has 3 heteroatoms. The molecule has 1 saturated heterocycles. The lowest BCUT2D eigenvalue weighted by molar-refractivity contribution is -0.227. The first-order valence-electron chi connectivity index (χ1n) is 4.33. The molecule has 0 spiro atoms. The highest BCUT2D eigenvalue weighted by Gasteiger charge is 2.36. The zero-order valence-corrected chi connectivity index (χ0v) is 8.29. The molecular weight excluding hydrogens is 156 g/mol. The predicted octanol–water partition coefficient (Wildman–Crippen LogP) is 1.56. The van der Waals surface area contributed by atoms with Crippen molar-refractivity contribution in [3.63, 3.8) is 0 Å². The van der Waals surface area contributed by atoms with Crippen LogP contribution in [0.4, 0.5) is 0 Å². The van der Waals surface area contributed by atoms with E-state index in [1.165, 1.54) is 0 Å². The highest BCUT2D eigenvalue weighted by molar-refractivity contribution is 4.83. The summed E-state index contributed by atoms with van der Waals surface area (Å²) in [4.78, 5) is 0. The van der Waals surface area contributed by atoms with Gasteiger partial charge in [0.15, 0.2) is 6.29 Å². The number of hydrogen-bond donors (Lipinski definition) is 0. The minimum atomic E-state index is -0.112. The predicted molar refractivity (Wildman–Crippen MR) is 46.0 cm³/mol. The van der Waals surface area contributed by atoms with Crippen LogP contribution in [0.25, 0.3) is 0 Å². The van der Waals surface area contributed by atoms with Crippen LogP contribution in [0.2, 0.25) is 0 Å². The second kappa shape index (κ2) is 3.73. The molecule has 12 heavy (non-hydrogen) atoms. The van der Waals surface area contributed by atoms with Gasteiger partial charge in [-0.3, -0.25) is 0 Å². The van der Waals surface area contributed by atoms with E-state index in [0.717, 1.165) is 12.8 Å². The van der Waals surface area contributed by atoms with Crippen molar-refractivity contribution in [1.82, 2.24) is 0 Å². The summed E-state index contributed by atoms with van der Waals surface area (Å²) in [5.41, 5.74) is -0.0850. The van der Waals surface area contributed by atoms with Crippen molar-refractivity contribution < 1.29 is 14.2 Å². The van der Waals surface area contributed by atoms with E-state index in [4.69, 9.17) is 14.2 Å². The van der Waals surface area contributed by atoms with Crippen molar-refractivity contribution in [3.05, 3.63) is 0 Å². The summed E-state index contributed by atoms with van der Waals surface area (Å²) in [5, 5.41) is 0. The Hall–Kier alpha value is -0.120. The van der Waals surface area contributed by atoms with Gasteiger partial charge in [-0.05, 0) is 13.8 Å². The Morgan fingerprint density at radius 1 is 1.33 bits per heavy atom. The number of rotatable bonds is 2. The van der Waals surface area contributed by atoms with E-state index in [9.17, 15) is 0 Å². The molecule has 0 aromatic rings. The molecule has 1 aliphatic heterocycles. The Labute approximate surface area is 74.0 Å². The zero-order chi connectivity index (χ0) is 9.19. The van der Waals surface area contributed by atoms with Crippen LogP contribution in [0.1, 0.15) is 26.7 Å². The maximum atomic E-state index is 5.53. The number of methoxy groups -OCH3 is 2. The third-order valence-corrected chi connectivity index (χ3v) is 2.46. The molecule has 0 N–H and O–H groups in total. The van der Waals surface area contributed by atoms with E-state index in [1.54, 1.807) is 14.2 Å². The first-order chi connectivity index (χ1) is 5.59.